The molecular formula is C12H22O4. The number of hydrogen-bond acceptors (Lipinski definition) is 4. The lowest BCUT2D eigenvalue weighted by molar-refractivity contribution is -0.169. The Kier molecular flexibility index (Phi) is 7.60. The Labute approximate surface area is 97.3 Å². The third-order valence-corrected chi connectivity index (χ3v) is 2.56. The molecule has 0 rings (SSSR count). The highest BCUT2D eigenvalue weighted by Gasteiger charge is 2.18. The molecule has 0 bridgehead atoms. The lowest BCUT2D eigenvalue weighted by atomic mass is 10.1. The topological polar surface area (TPSA) is 52.6 Å². The molecule has 0 spiro atoms. The van der Waals surface area contributed by atoms with Crippen LogP contribution in [0, 0.1) is 11.8 Å². The molecule has 0 aliphatic rings. The summed E-state index contributed by atoms with van der Waals surface area (Å²) in [5, 5.41) is 0. The van der Waals surface area contributed by atoms with Crippen molar-refractivity contribution < 1.29 is 19.1 Å². The highest BCUT2D eigenvalue weighted by atomic mass is 16.6. The van der Waals surface area contributed by atoms with E-state index in [1.165, 1.54) is 0 Å². The van der Waals surface area contributed by atoms with Crippen LogP contribution in [0.2, 0.25) is 0 Å². The van der Waals surface area contributed by atoms with Gasteiger partial charge >= 0.3 is 11.9 Å². The van der Waals surface area contributed by atoms with E-state index >= 15 is 0 Å². The van der Waals surface area contributed by atoms with Gasteiger partial charge in [0.15, 0.2) is 0 Å². The molecule has 0 saturated heterocycles. The lowest BCUT2D eigenvalue weighted by Gasteiger charge is -2.11. The number of esters is 2. The number of carbonyl (C=O) groups is 2. The van der Waals surface area contributed by atoms with E-state index in [1.54, 1.807) is 0 Å². The Balaban J connectivity index is 3.78. The maximum atomic E-state index is 11.2. The van der Waals surface area contributed by atoms with Crippen molar-refractivity contribution in [3.63, 3.8) is 0 Å². The first-order valence-corrected chi connectivity index (χ1v) is 5.85. The van der Waals surface area contributed by atoms with E-state index in [2.05, 4.69) is 0 Å². The van der Waals surface area contributed by atoms with Crippen LogP contribution in [0.4, 0.5) is 0 Å². The molecule has 0 aliphatic heterocycles. The first kappa shape index (κ1) is 14.9. The quantitative estimate of drug-likeness (QED) is 0.518. The fourth-order valence-corrected chi connectivity index (χ4v) is 0.789. The van der Waals surface area contributed by atoms with E-state index in [0.717, 1.165) is 12.8 Å². The Hall–Kier alpha value is -1.06. The van der Waals surface area contributed by atoms with Crippen LogP contribution in [-0.2, 0) is 19.1 Å². The van der Waals surface area contributed by atoms with Gasteiger partial charge in [-0.25, -0.2) is 9.59 Å². The van der Waals surface area contributed by atoms with Crippen LogP contribution < -0.4 is 0 Å². The molecule has 0 saturated carbocycles. The monoisotopic (exact) mass is 230 g/mol. The third kappa shape index (κ3) is 6.43. The fourth-order valence-electron chi connectivity index (χ4n) is 0.789. The van der Waals surface area contributed by atoms with Crippen molar-refractivity contribution in [1.29, 1.82) is 0 Å². The van der Waals surface area contributed by atoms with E-state index in [1.807, 2.05) is 27.7 Å². The van der Waals surface area contributed by atoms with Gasteiger partial charge in [0.1, 0.15) is 0 Å². The van der Waals surface area contributed by atoms with Crippen LogP contribution in [0.15, 0.2) is 0 Å². The molecule has 16 heavy (non-hydrogen) atoms. The standard InChI is InChI=1S/C12H22O4/c1-5-9(3)7-15-11(13)12(14)16-8-10(4)6-2/h9-10H,5-8H2,1-4H3. The summed E-state index contributed by atoms with van der Waals surface area (Å²) in [5.74, 6) is -1.23. The maximum absolute atomic E-state index is 11.2. The van der Waals surface area contributed by atoms with E-state index < -0.39 is 11.9 Å². The van der Waals surface area contributed by atoms with Crippen LogP contribution in [0.3, 0.4) is 0 Å². The summed E-state index contributed by atoms with van der Waals surface area (Å²) < 4.78 is 9.62. The van der Waals surface area contributed by atoms with E-state index in [-0.39, 0.29) is 25.0 Å². The largest absolute Gasteiger partial charge is 0.457 e. The van der Waals surface area contributed by atoms with Gasteiger partial charge in [-0.3, -0.25) is 0 Å². The number of ether oxygens (including phenoxy) is 2. The van der Waals surface area contributed by atoms with Crippen LogP contribution in [0.5, 0.6) is 0 Å². The summed E-state index contributed by atoms with van der Waals surface area (Å²) in [5.41, 5.74) is 0. The molecule has 4 heteroatoms. The van der Waals surface area contributed by atoms with Gasteiger partial charge in [0.05, 0.1) is 13.2 Å². The lowest BCUT2D eigenvalue weighted by Crippen LogP contribution is -2.24. The van der Waals surface area contributed by atoms with Gasteiger partial charge in [0.25, 0.3) is 0 Å². The zero-order chi connectivity index (χ0) is 12.6. The maximum Gasteiger partial charge on any atom is 0.417 e. The second-order valence-electron chi connectivity index (χ2n) is 4.22. The second-order valence-corrected chi connectivity index (χ2v) is 4.22. The minimum absolute atomic E-state index is 0.270. The number of carbonyl (C=O) groups excluding carboxylic acids is 2. The highest BCUT2D eigenvalue weighted by Crippen LogP contribution is 2.03. The SMILES string of the molecule is CCC(C)COC(=O)C(=O)OCC(C)CC. The van der Waals surface area contributed by atoms with E-state index in [0.29, 0.717) is 0 Å². The predicted molar refractivity (Wildman–Crippen MR) is 60.8 cm³/mol. The van der Waals surface area contributed by atoms with Gasteiger partial charge in [-0.15, -0.1) is 0 Å². The zero-order valence-electron chi connectivity index (χ0n) is 10.6. The molecule has 94 valence electrons. The van der Waals surface area contributed by atoms with E-state index in [4.69, 9.17) is 9.47 Å². The van der Waals surface area contributed by atoms with Crippen LogP contribution in [0.25, 0.3) is 0 Å². The third-order valence-electron chi connectivity index (χ3n) is 2.56. The molecule has 0 aromatic rings. The van der Waals surface area contributed by atoms with Gasteiger partial charge in [0, 0.05) is 0 Å². The van der Waals surface area contributed by atoms with Crippen molar-refractivity contribution >= 4 is 11.9 Å². The number of hydrogen-bond donors (Lipinski definition) is 0. The first-order chi connectivity index (χ1) is 7.51. The number of rotatable bonds is 6. The van der Waals surface area contributed by atoms with Crippen molar-refractivity contribution in [3.8, 4) is 0 Å². The Bertz CT molecular complexity index is 201. The van der Waals surface area contributed by atoms with Crippen molar-refractivity contribution in [2.75, 3.05) is 13.2 Å². The Morgan fingerprint density at radius 2 is 1.19 bits per heavy atom. The van der Waals surface area contributed by atoms with Crippen LogP contribution in [-0.4, -0.2) is 25.2 Å². The summed E-state index contributed by atoms with van der Waals surface area (Å²) in [4.78, 5) is 22.3. The average molecular weight is 230 g/mol. The second kappa shape index (κ2) is 8.13. The Morgan fingerprint density at radius 1 is 0.875 bits per heavy atom. The normalized spacial score (nSPS) is 14.0. The fraction of sp³-hybridized carbons (Fsp3) is 0.833. The van der Waals surface area contributed by atoms with Gasteiger partial charge in [-0.05, 0) is 11.8 Å². The molecule has 0 aromatic carbocycles. The molecule has 0 fully saturated rings. The minimum Gasteiger partial charge on any atom is -0.457 e. The average Bonchev–Trinajstić information content (AvgIpc) is 2.31. The zero-order valence-corrected chi connectivity index (χ0v) is 10.6. The molecule has 0 aliphatic carbocycles. The van der Waals surface area contributed by atoms with Crippen molar-refractivity contribution in [1.82, 2.24) is 0 Å². The molecule has 0 amide bonds. The molecular weight excluding hydrogens is 208 g/mol. The first-order valence-electron chi connectivity index (χ1n) is 5.85. The molecule has 0 N–H and O–H groups in total. The van der Waals surface area contributed by atoms with Gasteiger partial charge < -0.3 is 9.47 Å². The summed E-state index contributed by atoms with van der Waals surface area (Å²) in [6.07, 6.45) is 1.82. The summed E-state index contributed by atoms with van der Waals surface area (Å²) in [6, 6.07) is 0. The molecule has 0 aromatic heterocycles. The highest BCUT2D eigenvalue weighted by molar-refractivity contribution is 6.29. The summed E-state index contributed by atoms with van der Waals surface area (Å²) >= 11 is 0. The summed E-state index contributed by atoms with van der Waals surface area (Å²) in [7, 11) is 0. The smallest absolute Gasteiger partial charge is 0.417 e. The molecule has 2 unspecified atom stereocenters. The van der Waals surface area contributed by atoms with Gasteiger partial charge in [0.2, 0.25) is 0 Å². The van der Waals surface area contributed by atoms with Crippen LogP contribution >= 0.6 is 0 Å². The van der Waals surface area contributed by atoms with E-state index in [9.17, 15) is 9.59 Å². The minimum atomic E-state index is -0.886. The molecule has 0 heterocycles. The van der Waals surface area contributed by atoms with Crippen molar-refractivity contribution in [3.05, 3.63) is 0 Å². The van der Waals surface area contributed by atoms with Crippen molar-refractivity contribution in [2.45, 2.75) is 40.5 Å². The van der Waals surface area contributed by atoms with Crippen molar-refractivity contribution in [2.24, 2.45) is 11.8 Å². The van der Waals surface area contributed by atoms with Crippen LogP contribution in [0.1, 0.15) is 40.5 Å². The summed E-state index contributed by atoms with van der Waals surface area (Å²) in [6.45, 7) is 8.45. The molecule has 0 radical (unpaired) electrons. The van der Waals surface area contributed by atoms with Gasteiger partial charge in [-0.1, -0.05) is 40.5 Å². The Morgan fingerprint density at radius 3 is 1.44 bits per heavy atom. The molecule has 4 nitrogen and oxygen atoms in total. The predicted octanol–water partition coefficient (Wildman–Crippen LogP) is 2.17. The molecule has 2 atom stereocenters. The van der Waals surface area contributed by atoms with Gasteiger partial charge in [-0.2, -0.15) is 0 Å².